The molecule has 0 saturated heterocycles. The van der Waals surface area contributed by atoms with Crippen LogP contribution in [0.15, 0.2) is 42.9 Å². The molecule has 0 aliphatic rings. The van der Waals surface area contributed by atoms with Crippen molar-refractivity contribution in [3.8, 4) is 11.3 Å². The zero-order chi connectivity index (χ0) is 9.97. The monoisotopic (exact) mass is 190 g/mol. The first kappa shape index (κ1) is 8.62. The summed E-state index contributed by atoms with van der Waals surface area (Å²) in [4.78, 5) is 3.80. The molecule has 0 fully saturated rings. The van der Waals surface area contributed by atoms with Gasteiger partial charge in [0.25, 0.3) is 5.69 Å². The maximum Gasteiger partial charge on any atom is 0.259 e. The lowest BCUT2D eigenvalue weighted by atomic mass is 10.2. The van der Waals surface area contributed by atoms with Crippen LogP contribution in [0.25, 0.3) is 11.3 Å². The second-order valence-corrected chi connectivity index (χ2v) is 2.77. The van der Waals surface area contributed by atoms with Crippen molar-refractivity contribution in [2.45, 2.75) is 0 Å². The fourth-order valence-electron chi connectivity index (χ4n) is 1.24. The Balaban J connectivity index is 2.63. The van der Waals surface area contributed by atoms with Gasteiger partial charge in [0.1, 0.15) is 0 Å². The fourth-order valence-corrected chi connectivity index (χ4v) is 1.24. The van der Waals surface area contributed by atoms with Gasteiger partial charge >= 0.3 is 0 Å². The summed E-state index contributed by atoms with van der Waals surface area (Å²) in [5.74, 6) is -0.534. The molecule has 0 spiro atoms. The molecule has 0 radical (unpaired) electrons. The van der Waals surface area contributed by atoms with Crippen LogP contribution < -0.4 is 4.73 Å². The molecule has 14 heavy (non-hydrogen) atoms. The Morgan fingerprint density at radius 3 is 2.57 bits per heavy atom. The summed E-state index contributed by atoms with van der Waals surface area (Å²) in [6.45, 7) is 0. The van der Waals surface area contributed by atoms with Gasteiger partial charge in [0.15, 0.2) is 12.0 Å². The molecule has 4 heteroatoms. The van der Waals surface area contributed by atoms with Crippen molar-refractivity contribution in [3.05, 3.63) is 53.9 Å². The minimum atomic E-state index is -0.534. The van der Waals surface area contributed by atoms with E-state index in [1.54, 1.807) is 12.1 Å². The van der Waals surface area contributed by atoms with Crippen molar-refractivity contribution in [2.75, 3.05) is 0 Å². The van der Waals surface area contributed by atoms with Crippen molar-refractivity contribution < 1.29 is 9.12 Å². The molecule has 70 valence electrons. The first-order chi connectivity index (χ1) is 6.79. The highest BCUT2D eigenvalue weighted by atomic mass is 19.1. The lowest BCUT2D eigenvalue weighted by molar-refractivity contribution is -0.595. The Morgan fingerprint density at radius 1 is 1.21 bits per heavy atom. The van der Waals surface area contributed by atoms with E-state index in [-0.39, 0.29) is 5.69 Å². The van der Waals surface area contributed by atoms with E-state index in [2.05, 4.69) is 4.98 Å². The zero-order valence-corrected chi connectivity index (χ0v) is 7.22. The summed E-state index contributed by atoms with van der Waals surface area (Å²) >= 11 is 0. The molecule has 2 aromatic heterocycles. The first-order valence-corrected chi connectivity index (χ1v) is 4.07. The molecule has 0 saturated carbocycles. The summed E-state index contributed by atoms with van der Waals surface area (Å²) in [7, 11) is 0. The summed E-state index contributed by atoms with van der Waals surface area (Å²) < 4.78 is 13.8. The van der Waals surface area contributed by atoms with Crippen LogP contribution in [0.2, 0.25) is 0 Å². The molecule has 0 bridgehead atoms. The summed E-state index contributed by atoms with van der Waals surface area (Å²) in [6, 6.07) is 5.80. The molecule has 0 unspecified atom stereocenters. The van der Waals surface area contributed by atoms with Crippen molar-refractivity contribution in [1.82, 2.24) is 4.98 Å². The lowest BCUT2D eigenvalue weighted by Gasteiger charge is -2.03. The molecule has 0 atom stereocenters. The first-order valence-electron chi connectivity index (χ1n) is 4.07. The third-order valence-electron chi connectivity index (χ3n) is 1.86. The normalized spacial score (nSPS) is 10.1. The lowest BCUT2D eigenvalue weighted by Crippen LogP contribution is -2.29. The van der Waals surface area contributed by atoms with Crippen LogP contribution in [0.4, 0.5) is 4.39 Å². The molecule has 0 amide bonds. The van der Waals surface area contributed by atoms with Crippen LogP contribution in [0, 0.1) is 11.0 Å². The van der Waals surface area contributed by atoms with Crippen molar-refractivity contribution in [3.63, 3.8) is 0 Å². The molecular weight excluding hydrogens is 183 g/mol. The maximum atomic E-state index is 13.3. The number of hydrogen-bond donors (Lipinski definition) is 0. The van der Waals surface area contributed by atoms with Gasteiger partial charge in [-0.05, 0) is 18.2 Å². The second-order valence-electron chi connectivity index (χ2n) is 2.77. The highest BCUT2D eigenvalue weighted by molar-refractivity contribution is 5.55. The Hall–Kier alpha value is -1.97. The number of rotatable bonds is 1. The average Bonchev–Trinajstić information content (AvgIpc) is 2.19. The molecule has 2 aromatic rings. The topological polar surface area (TPSA) is 39.8 Å². The number of hydrogen-bond acceptors (Lipinski definition) is 2. The van der Waals surface area contributed by atoms with Gasteiger partial charge in [-0.15, -0.1) is 0 Å². The number of nitrogens with zero attached hydrogens (tertiary/aromatic N) is 2. The van der Waals surface area contributed by atoms with Crippen LogP contribution in [-0.2, 0) is 0 Å². The van der Waals surface area contributed by atoms with Gasteiger partial charge in [-0.25, -0.2) is 0 Å². The van der Waals surface area contributed by atoms with E-state index in [4.69, 9.17) is 0 Å². The molecule has 0 aromatic carbocycles. The quantitative estimate of drug-likeness (QED) is 0.505. The molecule has 0 aliphatic heterocycles. The minimum absolute atomic E-state index is 0.0231. The van der Waals surface area contributed by atoms with Gasteiger partial charge in [0, 0.05) is 18.5 Å². The molecule has 2 rings (SSSR count). The summed E-state index contributed by atoms with van der Waals surface area (Å²) in [6.07, 6.45) is 4.29. The molecular formula is C10H7FN2O. The number of aromatic nitrogens is 2. The fraction of sp³-hybridized carbons (Fsp3) is 0. The molecule has 0 N–H and O–H groups in total. The summed E-state index contributed by atoms with van der Waals surface area (Å²) in [5.41, 5.74) is 0.544. The average molecular weight is 190 g/mol. The Labute approximate surface area is 80.1 Å². The Bertz CT molecular complexity index is 425. The van der Waals surface area contributed by atoms with Crippen LogP contribution in [0.1, 0.15) is 0 Å². The third-order valence-corrected chi connectivity index (χ3v) is 1.86. The maximum absolute atomic E-state index is 13.3. The van der Waals surface area contributed by atoms with E-state index in [9.17, 15) is 9.60 Å². The zero-order valence-electron chi connectivity index (χ0n) is 7.22. The predicted molar refractivity (Wildman–Crippen MR) is 48.6 cm³/mol. The van der Waals surface area contributed by atoms with Crippen molar-refractivity contribution in [2.24, 2.45) is 0 Å². The summed E-state index contributed by atoms with van der Waals surface area (Å²) in [5, 5.41) is 11.3. The highest BCUT2D eigenvalue weighted by Gasteiger charge is 2.13. The minimum Gasteiger partial charge on any atom is -0.618 e. The molecule has 0 aliphatic carbocycles. The van der Waals surface area contributed by atoms with E-state index in [0.29, 0.717) is 10.3 Å². The van der Waals surface area contributed by atoms with E-state index < -0.39 is 5.82 Å². The van der Waals surface area contributed by atoms with Gasteiger partial charge in [-0.3, -0.25) is 4.98 Å². The SMILES string of the molecule is [O-][n+]1cccc(F)c1-c1ccncc1. The Morgan fingerprint density at radius 2 is 1.93 bits per heavy atom. The standard InChI is InChI=1S/C10H7FN2O/c11-9-2-1-7-13(14)10(9)8-3-5-12-6-4-8/h1-7H. The third kappa shape index (κ3) is 1.42. The molecule has 2 heterocycles. The predicted octanol–water partition coefficient (Wildman–Crippen LogP) is 1.52. The smallest absolute Gasteiger partial charge is 0.259 e. The van der Waals surface area contributed by atoms with E-state index in [1.165, 1.54) is 30.7 Å². The largest absolute Gasteiger partial charge is 0.618 e. The van der Waals surface area contributed by atoms with Gasteiger partial charge in [-0.1, -0.05) is 0 Å². The van der Waals surface area contributed by atoms with Crippen LogP contribution in [0.3, 0.4) is 0 Å². The molecule has 3 nitrogen and oxygen atoms in total. The van der Waals surface area contributed by atoms with Crippen LogP contribution >= 0.6 is 0 Å². The van der Waals surface area contributed by atoms with Crippen molar-refractivity contribution >= 4 is 0 Å². The number of halogens is 1. The van der Waals surface area contributed by atoms with Crippen molar-refractivity contribution in [1.29, 1.82) is 0 Å². The van der Waals surface area contributed by atoms with E-state index in [1.807, 2.05) is 0 Å². The van der Waals surface area contributed by atoms with Gasteiger partial charge in [0.05, 0.1) is 5.56 Å². The van der Waals surface area contributed by atoms with Gasteiger partial charge in [0.2, 0.25) is 0 Å². The van der Waals surface area contributed by atoms with Gasteiger partial charge < -0.3 is 5.21 Å². The van der Waals surface area contributed by atoms with Crippen LogP contribution in [-0.4, -0.2) is 4.98 Å². The van der Waals surface area contributed by atoms with E-state index >= 15 is 0 Å². The van der Waals surface area contributed by atoms with Gasteiger partial charge in [-0.2, -0.15) is 9.12 Å². The van der Waals surface area contributed by atoms with Crippen LogP contribution in [0.5, 0.6) is 0 Å². The number of pyridine rings is 2. The Kier molecular flexibility index (Phi) is 2.10. The second kappa shape index (κ2) is 3.41. The van der Waals surface area contributed by atoms with E-state index in [0.717, 1.165) is 0 Å². The highest BCUT2D eigenvalue weighted by Crippen LogP contribution is 2.16.